The topological polar surface area (TPSA) is 96.0 Å². The number of benzene rings is 2. The molecule has 0 radical (unpaired) electrons. The summed E-state index contributed by atoms with van der Waals surface area (Å²) in [4.78, 5) is 26.7. The van der Waals surface area contributed by atoms with E-state index in [1.54, 1.807) is 23.1 Å². The number of carbonyl (C=O) groups is 2. The van der Waals surface area contributed by atoms with Gasteiger partial charge in [-0.05, 0) is 74.6 Å². The predicted octanol–water partition coefficient (Wildman–Crippen LogP) is 3.24. The number of amides is 2. The summed E-state index contributed by atoms with van der Waals surface area (Å²) in [7, 11) is -3.96. The van der Waals surface area contributed by atoms with Crippen molar-refractivity contribution in [2.75, 3.05) is 36.5 Å². The van der Waals surface area contributed by atoms with E-state index in [0.717, 1.165) is 30.4 Å². The quantitative estimate of drug-likeness (QED) is 0.619. The summed E-state index contributed by atoms with van der Waals surface area (Å²) in [6.07, 6.45) is 2.67. The molecule has 2 aromatic carbocycles. The Morgan fingerprint density at radius 2 is 1.91 bits per heavy atom. The maximum Gasteiger partial charge on any atom is 0.243 e. The predicted molar refractivity (Wildman–Crippen MR) is 130 cm³/mol. The van der Waals surface area contributed by atoms with Gasteiger partial charge in [0.25, 0.3) is 0 Å². The molecule has 4 rings (SSSR count). The standard InChI is InChI=1S/C25H31N3O5S/c1-18-6-3-8-23(19(18)2)26-24(29)17-27(16-21-7-5-15-33-21)34(31,32)22-12-10-20(11-13-22)28-14-4-9-25(28)30/h3,6,8,10-13,21H,4-5,7,9,14-17H2,1-2H3,(H,26,29)/t21-/m0/s1. The molecule has 1 atom stereocenters. The zero-order valence-corrected chi connectivity index (χ0v) is 20.4. The molecule has 0 aromatic heterocycles. The Kier molecular flexibility index (Phi) is 7.35. The first-order valence-electron chi connectivity index (χ1n) is 11.6. The van der Waals surface area contributed by atoms with Crippen molar-refractivity contribution in [2.24, 2.45) is 0 Å². The third-order valence-electron chi connectivity index (χ3n) is 6.49. The van der Waals surface area contributed by atoms with Gasteiger partial charge in [-0.1, -0.05) is 12.1 Å². The number of hydrogen-bond donors (Lipinski definition) is 1. The van der Waals surface area contributed by atoms with E-state index in [0.29, 0.717) is 30.9 Å². The SMILES string of the molecule is Cc1cccc(NC(=O)CN(C[C@@H]2CCCO2)S(=O)(=O)c2ccc(N3CCCC3=O)cc2)c1C. The van der Waals surface area contributed by atoms with E-state index in [2.05, 4.69) is 5.32 Å². The van der Waals surface area contributed by atoms with Crippen LogP contribution in [0.2, 0.25) is 0 Å². The molecule has 0 bridgehead atoms. The molecule has 2 fully saturated rings. The van der Waals surface area contributed by atoms with Crippen molar-refractivity contribution in [1.29, 1.82) is 0 Å². The van der Waals surface area contributed by atoms with Gasteiger partial charge in [0.05, 0.1) is 17.5 Å². The highest BCUT2D eigenvalue weighted by Crippen LogP contribution is 2.26. The number of ether oxygens (including phenoxy) is 1. The molecule has 182 valence electrons. The second kappa shape index (κ2) is 10.2. The van der Waals surface area contributed by atoms with Gasteiger partial charge in [-0.25, -0.2) is 8.42 Å². The van der Waals surface area contributed by atoms with Crippen LogP contribution < -0.4 is 10.2 Å². The average Bonchev–Trinajstić information content (AvgIpc) is 3.48. The van der Waals surface area contributed by atoms with Crippen molar-refractivity contribution in [3.63, 3.8) is 0 Å². The van der Waals surface area contributed by atoms with Crippen LogP contribution >= 0.6 is 0 Å². The normalized spacial score (nSPS) is 18.6. The third kappa shape index (κ3) is 5.32. The van der Waals surface area contributed by atoms with Crippen LogP contribution in [0.15, 0.2) is 47.4 Å². The molecule has 2 saturated heterocycles. The molecule has 2 aliphatic rings. The van der Waals surface area contributed by atoms with Crippen molar-refractivity contribution in [3.05, 3.63) is 53.6 Å². The van der Waals surface area contributed by atoms with Crippen LogP contribution in [0.25, 0.3) is 0 Å². The fraction of sp³-hybridized carbons (Fsp3) is 0.440. The zero-order valence-electron chi connectivity index (χ0n) is 19.6. The molecule has 9 heteroatoms. The Morgan fingerprint density at radius 3 is 2.56 bits per heavy atom. The lowest BCUT2D eigenvalue weighted by molar-refractivity contribution is -0.117. The van der Waals surface area contributed by atoms with Crippen LogP contribution in [0.3, 0.4) is 0 Å². The number of nitrogens with zero attached hydrogens (tertiary/aromatic N) is 2. The summed E-state index contributed by atoms with van der Waals surface area (Å²) in [5.41, 5.74) is 3.33. The minimum absolute atomic E-state index is 0.0405. The Balaban J connectivity index is 1.54. The molecule has 8 nitrogen and oxygen atoms in total. The van der Waals surface area contributed by atoms with Gasteiger partial charge in [-0.3, -0.25) is 9.59 Å². The monoisotopic (exact) mass is 485 g/mol. The van der Waals surface area contributed by atoms with Gasteiger partial charge >= 0.3 is 0 Å². The van der Waals surface area contributed by atoms with Crippen LogP contribution in [0.5, 0.6) is 0 Å². The summed E-state index contributed by atoms with van der Waals surface area (Å²) in [5.74, 6) is -0.367. The summed E-state index contributed by atoms with van der Waals surface area (Å²) in [6, 6.07) is 11.9. The Labute approximate surface area is 200 Å². The number of nitrogens with one attached hydrogen (secondary N) is 1. The Bertz CT molecular complexity index is 1160. The van der Waals surface area contributed by atoms with E-state index in [1.165, 1.54) is 16.4 Å². The number of aryl methyl sites for hydroxylation is 1. The lowest BCUT2D eigenvalue weighted by atomic mass is 10.1. The number of anilines is 2. The van der Waals surface area contributed by atoms with E-state index in [9.17, 15) is 18.0 Å². The van der Waals surface area contributed by atoms with Gasteiger partial charge in [-0.15, -0.1) is 0 Å². The van der Waals surface area contributed by atoms with Crippen molar-refractivity contribution < 1.29 is 22.7 Å². The lowest BCUT2D eigenvalue weighted by Crippen LogP contribution is -2.42. The molecular formula is C25H31N3O5S. The van der Waals surface area contributed by atoms with Gasteiger partial charge in [0.15, 0.2) is 0 Å². The summed E-state index contributed by atoms with van der Waals surface area (Å²) in [6.45, 7) is 4.88. The number of sulfonamides is 1. The Hall–Kier alpha value is -2.75. The van der Waals surface area contributed by atoms with E-state index in [-0.39, 0.29) is 30.0 Å². The molecule has 0 saturated carbocycles. The molecule has 1 N–H and O–H groups in total. The molecule has 2 aromatic rings. The van der Waals surface area contributed by atoms with E-state index in [1.807, 2.05) is 26.0 Å². The first-order valence-corrected chi connectivity index (χ1v) is 13.1. The first kappa shape index (κ1) is 24.4. The van der Waals surface area contributed by atoms with Gasteiger partial charge in [-0.2, -0.15) is 4.31 Å². The third-order valence-corrected chi connectivity index (χ3v) is 8.32. The smallest absolute Gasteiger partial charge is 0.243 e. The van der Waals surface area contributed by atoms with Crippen LogP contribution in [-0.2, 0) is 24.3 Å². The highest BCUT2D eigenvalue weighted by Gasteiger charge is 2.31. The van der Waals surface area contributed by atoms with Crippen LogP contribution in [0.4, 0.5) is 11.4 Å². The number of carbonyl (C=O) groups excluding carboxylic acids is 2. The van der Waals surface area contributed by atoms with Crippen molar-refractivity contribution in [2.45, 2.75) is 50.5 Å². The largest absolute Gasteiger partial charge is 0.377 e. The molecule has 2 aliphatic heterocycles. The molecular weight excluding hydrogens is 454 g/mol. The maximum atomic E-state index is 13.5. The molecule has 0 unspecified atom stereocenters. The van der Waals surface area contributed by atoms with Crippen LogP contribution in [0, 0.1) is 13.8 Å². The van der Waals surface area contributed by atoms with Gasteiger partial charge in [0.2, 0.25) is 21.8 Å². The van der Waals surface area contributed by atoms with E-state index in [4.69, 9.17) is 4.74 Å². The lowest BCUT2D eigenvalue weighted by Gasteiger charge is -2.25. The molecule has 0 aliphatic carbocycles. The molecule has 34 heavy (non-hydrogen) atoms. The molecule has 2 heterocycles. The van der Waals surface area contributed by atoms with Gasteiger partial charge < -0.3 is 15.0 Å². The minimum Gasteiger partial charge on any atom is -0.377 e. The van der Waals surface area contributed by atoms with E-state index >= 15 is 0 Å². The fourth-order valence-electron chi connectivity index (χ4n) is 4.37. The van der Waals surface area contributed by atoms with E-state index < -0.39 is 15.9 Å². The number of hydrogen-bond acceptors (Lipinski definition) is 5. The minimum atomic E-state index is -3.96. The number of rotatable bonds is 8. The molecule has 0 spiro atoms. The van der Waals surface area contributed by atoms with Crippen molar-refractivity contribution >= 4 is 33.2 Å². The summed E-state index contributed by atoms with van der Waals surface area (Å²) >= 11 is 0. The summed E-state index contributed by atoms with van der Waals surface area (Å²) < 4.78 is 33.9. The summed E-state index contributed by atoms with van der Waals surface area (Å²) in [5, 5.41) is 2.85. The highest BCUT2D eigenvalue weighted by atomic mass is 32.2. The van der Waals surface area contributed by atoms with Gasteiger partial charge in [0.1, 0.15) is 0 Å². The van der Waals surface area contributed by atoms with Crippen LogP contribution in [0.1, 0.15) is 36.8 Å². The fourth-order valence-corrected chi connectivity index (χ4v) is 5.80. The van der Waals surface area contributed by atoms with Gasteiger partial charge in [0, 0.05) is 37.5 Å². The van der Waals surface area contributed by atoms with Crippen LogP contribution in [-0.4, -0.2) is 56.9 Å². The van der Waals surface area contributed by atoms with Crippen molar-refractivity contribution in [3.8, 4) is 0 Å². The molecule has 2 amide bonds. The average molecular weight is 486 g/mol. The van der Waals surface area contributed by atoms with Crippen molar-refractivity contribution in [1.82, 2.24) is 4.31 Å². The maximum absolute atomic E-state index is 13.5. The zero-order chi connectivity index (χ0) is 24.3. The first-order chi connectivity index (χ1) is 16.3. The highest BCUT2D eigenvalue weighted by molar-refractivity contribution is 7.89. The Morgan fingerprint density at radius 1 is 1.15 bits per heavy atom. The second-order valence-corrected chi connectivity index (χ2v) is 10.8. The second-order valence-electron chi connectivity index (χ2n) is 8.87.